The van der Waals surface area contributed by atoms with Crippen LogP contribution in [0, 0.1) is 20.8 Å². The van der Waals surface area contributed by atoms with Crippen molar-refractivity contribution in [3.05, 3.63) is 120 Å². The number of aliphatic hydroxyl groups excluding tert-OH is 1. The van der Waals surface area contributed by atoms with E-state index in [0.717, 1.165) is 32.2 Å². The Labute approximate surface area is 555 Å². The Bertz CT molecular complexity index is 4620. The van der Waals surface area contributed by atoms with Crippen LogP contribution < -0.4 is 45.1 Å². The molecule has 0 atom stereocenters. The van der Waals surface area contributed by atoms with Crippen molar-refractivity contribution >= 4 is 52.5 Å². The smallest absolute Gasteiger partial charge is 0.277 e. The third-order valence-electron chi connectivity index (χ3n) is 15.1. The molecule has 1 amide bonds. The van der Waals surface area contributed by atoms with E-state index in [9.17, 15) is 44.4 Å². The van der Waals surface area contributed by atoms with Crippen LogP contribution in [0.1, 0.15) is 128 Å². The summed E-state index contributed by atoms with van der Waals surface area (Å²) in [4.78, 5) is 73.7. The number of aromatic amines is 3. The molecule has 1 aliphatic rings. The molecule has 3 aromatic carbocycles. The van der Waals surface area contributed by atoms with E-state index in [1.807, 2.05) is 41.5 Å². The van der Waals surface area contributed by atoms with Gasteiger partial charge < -0.3 is 39.2 Å². The van der Waals surface area contributed by atoms with Gasteiger partial charge in [-0.2, -0.15) is 0 Å². The lowest BCUT2D eigenvalue weighted by Crippen LogP contribution is -2.30. The molecule has 33 heteroatoms. The van der Waals surface area contributed by atoms with Crippen LogP contribution in [-0.4, -0.2) is 159 Å². The van der Waals surface area contributed by atoms with Gasteiger partial charge in [-0.3, -0.25) is 19.2 Å². The van der Waals surface area contributed by atoms with Gasteiger partial charge in [-0.05, 0) is 135 Å². The standard InChI is InChI=1S/C24H32N6O5S.C20H27N5O4S.C19H25N5O5S/c1-4-8-20-26-16(3)22-24(32)27-23(28-30(20)22)18-15-17(10-11-19(18)35-5-2)36(33,34)25-12-7-14-29-13-6-9-21(29)31;1-5-8-17-22-13(4)18-20(26)23-19(24-25(17)18)15-12-14(9-10-16(15)29-7-3)30(27,28)21-11-6-2;1-4-6-16-21-12(3)17-19(26)22-18(23-24(16)17)14-11-13(7-8-15(14)29-5-2)30(27,28)20-9-10-25/h10-11,15,25H,4-9,12-14H2,1-3H3,(H,27,28,32);9-10,12,21H,5-8,11H2,1-4H3,(H,23,24,26);7-8,11,20,25H,4-6,9-10H2,1-3H3,(H,22,23,26). The Morgan fingerprint density at radius 3 is 1.14 bits per heavy atom. The Hall–Kier alpha value is -8.73. The van der Waals surface area contributed by atoms with Crippen LogP contribution in [0.3, 0.4) is 0 Å². The first kappa shape index (κ1) is 73.1. The van der Waals surface area contributed by atoms with E-state index >= 15 is 0 Å². The second kappa shape index (κ2) is 32.3. The lowest BCUT2D eigenvalue weighted by atomic mass is 10.2. The van der Waals surface area contributed by atoms with Crippen LogP contribution in [0.15, 0.2) is 83.7 Å². The van der Waals surface area contributed by atoms with Crippen LogP contribution in [0.2, 0.25) is 0 Å². The van der Waals surface area contributed by atoms with Crippen molar-refractivity contribution in [1.29, 1.82) is 0 Å². The normalized spacial score (nSPS) is 12.7. The lowest BCUT2D eigenvalue weighted by Gasteiger charge is -2.16. The summed E-state index contributed by atoms with van der Waals surface area (Å²) in [5.41, 5.74) is 2.86. The molecule has 7 heterocycles. The van der Waals surface area contributed by atoms with E-state index in [2.05, 4.69) is 59.4 Å². The highest BCUT2D eigenvalue weighted by molar-refractivity contribution is 7.90. The maximum absolute atomic E-state index is 13.0. The molecule has 96 heavy (non-hydrogen) atoms. The van der Waals surface area contributed by atoms with Gasteiger partial charge in [0.2, 0.25) is 36.0 Å². The summed E-state index contributed by atoms with van der Waals surface area (Å²) in [5.74, 6) is 3.92. The molecule has 518 valence electrons. The zero-order chi connectivity index (χ0) is 69.6. The fourth-order valence-corrected chi connectivity index (χ4v) is 14.0. The third kappa shape index (κ3) is 16.7. The van der Waals surface area contributed by atoms with Crippen molar-refractivity contribution in [3.63, 3.8) is 0 Å². The molecule has 0 bridgehead atoms. The highest BCUT2D eigenvalue weighted by atomic mass is 32.2. The van der Waals surface area contributed by atoms with E-state index in [0.29, 0.717) is 156 Å². The average Bonchev–Trinajstić information content (AvgIpc) is 1.51. The van der Waals surface area contributed by atoms with Crippen LogP contribution in [0.5, 0.6) is 17.2 Å². The van der Waals surface area contributed by atoms with Gasteiger partial charge >= 0.3 is 0 Å². The summed E-state index contributed by atoms with van der Waals surface area (Å²) in [6, 6.07) is 13.3. The number of sulfonamides is 3. The first-order chi connectivity index (χ1) is 45.9. The molecule has 1 aliphatic heterocycles. The molecule has 1 saturated heterocycles. The average molecular weight is 1390 g/mol. The second-order valence-electron chi connectivity index (χ2n) is 22.3. The number of fused-ring (bicyclic) bond motifs is 3. The van der Waals surface area contributed by atoms with Gasteiger partial charge in [0.1, 0.15) is 34.7 Å². The number of carbonyl (C=O) groups is 1. The minimum absolute atomic E-state index is 0.0246. The number of H-pyrrole nitrogens is 3. The van der Waals surface area contributed by atoms with Crippen LogP contribution in [-0.2, 0) is 54.1 Å². The number of hydrogen-bond acceptors (Lipinski definition) is 20. The number of imidazole rings is 3. The monoisotopic (exact) mass is 1380 g/mol. The Kier molecular flexibility index (Phi) is 24.6. The van der Waals surface area contributed by atoms with Crippen molar-refractivity contribution in [3.8, 4) is 51.4 Å². The van der Waals surface area contributed by atoms with Gasteiger partial charge in [-0.1, -0.05) is 27.7 Å². The second-order valence-corrected chi connectivity index (χ2v) is 27.6. The molecule has 0 aliphatic carbocycles. The summed E-state index contributed by atoms with van der Waals surface area (Å²) < 4.78 is 105. The zero-order valence-electron chi connectivity index (χ0n) is 55.6. The molecule has 6 aromatic heterocycles. The SMILES string of the molecule is CCCNS(=O)(=O)c1ccc(OCC)c(-c2nn3c(CCC)nc(C)c3c(=O)[nH]2)c1.CCCc1nc(C)c2c(=O)[nH]c(-c3cc(S(=O)(=O)NCCCN4CCCC4=O)ccc3OCC)nn12.CCCc1nc(C)c2c(=O)[nH]c(-c3cc(S(=O)(=O)NCCO)ccc3OCC)nn12. The molecular weight excluding hydrogens is 1300 g/mol. The van der Waals surface area contributed by atoms with E-state index in [1.165, 1.54) is 51.5 Å². The predicted octanol–water partition coefficient (Wildman–Crippen LogP) is 5.48. The molecule has 7 N–H and O–H groups in total. The number of amides is 1. The molecular formula is C63H84N16O14S3. The minimum Gasteiger partial charge on any atom is -0.493 e. The van der Waals surface area contributed by atoms with E-state index in [-0.39, 0.29) is 74.4 Å². The number of nitrogens with one attached hydrogen (secondary N) is 6. The summed E-state index contributed by atoms with van der Waals surface area (Å²) in [7, 11) is -11.4. The first-order valence-corrected chi connectivity index (χ1v) is 36.5. The fourth-order valence-electron chi connectivity index (χ4n) is 10.7. The number of likely N-dealkylation sites (tertiary alicyclic amines) is 1. The fraction of sp³-hybridized carbons (Fsp3) is 0.460. The molecule has 0 radical (unpaired) electrons. The van der Waals surface area contributed by atoms with Crippen molar-refractivity contribution in [2.24, 2.45) is 0 Å². The summed E-state index contributed by atoms with van der Waals surface area (Å²) in [6.07, 6.45) is 7.06. The molecule has 0 spiro atoms. The molecule has 10 rings (SSSR count). The van der Waals surface area contributed by atoms with Gasteiger partial charge in [-0.15, -0.1) is 15.3 Å². The van der Waals surface area contributed by atoms with Crippen molar-refractivity contribution in [2.45, 2.75) is 148 Å². The maximum Gasteiger partial charge on any atom is 0.277 e. The predicted molar refractivity (Wildman–Crippen MR) is 360 cm³/mol. The summed E-state index contributed by atoms with van der Waals surface area (Å²) in [6.45, 7) is 21.1. The summed E-state index contributed by atoms with van der Waals surface area (Å²) >= 11 is 0. The number of hydrogen-bond donors (Lipinski definition) is 7. The van der Waals surface area contributed by atoms with Crippen molar-refractivity contribution in [2.75, 3.05) is 59.2 Å². The van der Waals surface area contributed by atoms with Crippen LogP contribution >= 0.6 is 0 Å². The number of rotatable bonds is 29. The molecule has 30 nitrogen and oxygen atoms in total. The number of nitrogens with zero attached hydrogens (tertiary/aromatic N) is 10. The maximum atomic E-state index is 13.0. The number of aryl methyl sites for hydroxylation is 6. The third-order valence-corrected chi connectivity index (χ3v) is 19.5. The Morgan fingerprint density at radius 1 is 0.490 bits per heavy atom. The van der Waals surface area contributed by atoms with E-state index < -0.39 is 30.1 Å². The van der Waals surface area contributed by atoms with Gasteiger partial charge in [-0.25, -0.2) is 67.9 Å². The highest BCUT2D eigenvalue weighted by Crippen LogP contribution is 2.34. The Balaban J connectivity index is 0.000000185. The minimum atomic E-state index is -3.85. The largest absolute Gasteiger partial charge is 0.493 e. The highest BCUT2D eigenvalue weighted by Gasteiger charge is 2.26. The molecule has 1 fully saturated rings. The number of carbonyl (C=O) groups excluding carboxylic acids is 1. The molecule has 0 unspecified atom stereocenters. The number of ether oxygens (including phenoxy) is 3. The topological polar surface area (TPSA) is 396 Å². The van der Waals surface area contributed by atoms with Gasteiger partial charge in [0.15, 0.2) is 34.0 Å². The number of aliphatic hydroxyl groups is 1. The first-order valence-electron chi connectivity index (χ1n) is 32.0. The number of aromatic nitrogens is 12. The molecule has 9 aromatic rings. The lowest BCUT2D eigenvalue weighted by molar-refractivity contribution is -0.127. The molecule has 0 saturated carbocycles. The van der Waals surface area contributed by atoms with Crippen LogP contribution in [0.4, 0.5) is 0 Å². The zero-order valence-corrected chi connectivity index (χ0v) is 58.0. The number of benzene rings is 3. The summed E-state index contributed by atoms with van der Waals surface area (Å²) in [5, 5.41) is 22.6. The van der Waals surface area contributed by atoms with Crippen molar-refractivity contribution in [1.82, 2.24) is 77.8 Å². The van der Waals surface area contributed by atoms with E-state index in [1.54, 1.807) is 49.2 Å². The van der Waals surface area contributed by atoms with Gasteiger partial charge in [0.25, 0.3) is 16.7 Å². The van der Waals surface area contributed by atoms with Crippen molar-refractivity contribution < 1.29 is 49.4 Å². The van der Waals surface area contributed by atoms with E-state index in [4.69, 9.17) is 19.3 Å². The van der Waals surface area contributed by atoms with Crippen LogP contribution in [0.25, 0.3) is 50.7 Å². The van der Waals surface area contributed by atoms with Gasteiger partial charge in [0.05, 0.1) is 74.9 Å². The quantitative estimate of drug-likeness (QED) is 0.0285. The van der Waals surface area contributed by atoms with Gasteiger partial charge in [0, 0.05) is 58.4 Å². The Morgan fingerprint density at radius 2 is 0.833 bits per heavy atom.